The zero-order valence-corrected chi connectivity index (χ0v) is 12.1. The molecule has 0 spiro atoms. The highest BCUT2D eigenvalue weighted by atomic mass is 32.1. The van der Waals surface area contributed by atoms with Crippen molar-refractivity contribution >= 4 is 23.2 Å². The summed E-state index contributed by atoms with van der Waals surface area (Å²) in [5, 5.41) is 8.49. The van der Waals surface area contributed by atoms with Crippen LogP contribution in [0.4, 0.5) is 5.95 Å². The molecule has 0 aromatic carbocycles. The highest BCUT2D eigenvalue weighted by molar-refractivity contribution is 7.13. The van der Waals surface area contributed by atoms with Crippen molar-refractivity contribution in [3.05, 3.63) is 47.2 Å². The SMILES string of the molecule is Cc1ccnc(NC(=O)Cc2cc(-c3cccs3)on2)n1. The largest absolute Gasteiger partial charge is 0.355 e. The van der Waals surface area contributed by atoms with E-state index in [1.54, 1.807) is 29.7 Å². The molecule has 106 valence electrons. The van der Waals surface area contributed by atoms with Crippen molar-refractivity contribution in [2.45, 2.75) is 13.3 Å². The Bertz CT molecular complexity index is 752. The average molecular weight is 300 g/mol. The van der Waals surface area contributed by atoms with Gasteiger partial charge in [0.1, 0.15) is 0 Å². The molecule has 0 aliphatic carbocycles. The van der Waals surface area contributed by atoms with Gasteiger partial charge in [-0.05, 0) is 24.4 Å². The van der Waals surface area contributed by atoms with Gasteiger partial charge in [-0.15, -0.1) is 11.3 Å². The van der Waals surface area contributed by atoms with Crippen molar-refractivity contribution in [3.63, 3.8) is 0 Å². The summed E-state index contributed by atoms with van der Waals surface area (Å²) in [7, 11) is 0. The minimum atomic E-state index is -0.230. The third-order valence-corrected chi connectivity index (χ3v) is 3.60. The predicted molar refractivity (Wildman–Crippen MR) is 78.9 cm³/mol. The monoisotopic (exact) mass is 300 g/mol. The Kier molecular flexibility index (Phi) is 3.74. The molecule has 0 saturated carbocycles. The van der Waals surface area contributed by atoms with Crippen molar-refractivity contribution in [3.8, 4) is 10.6 Å². The number of nitrogens with one attached hydrogen (secondary N) is 1. The number of rotatable bonds is 4. The first-order chi connectivity index (χ1) is 10.2. The van der Waals surface area contributed by atoms with E-state index < -0.39 is 0 Å². The van der Waals surface area contributed by atoms with Gasteiger partial charge in [-0.25, -0.2) is 9.97 Å². The first kappa shape index (κ1) is 13.4. The number of carbonyl (C=O) groups is 1. The van der Waals surface area contributed by atoms with Gasteiger partial charge in [0.2, 0.25) is 11.9 Å². The smallest absolute Gasteiger partial charge is 0.232 e. The Labute approximate surface area is 124 Å². The summed E-state index contributed by atoms with van der Waals surface area (Å²) < 4.78 is 5.23. The molecule has 0 radical (unpaired) electrons. The third-order valence-electron chi connectivity index (χ3n) is 2.71. The molecule has 3 aromatic rings. The maximum atomic E-state index is 11.9. The molecule has 0 fully saturated rings. The molecule has 1 amide bonds. The molecular formula is C14H12N4O2S. The zero-order valence-electron chi connectivity index (χ0n) is 11.2. The number of nitrogens with zero attached hydrogens (tertiary/aromatic N) is 3. The molecule has 3 rings (SSSR count). The number of aryl methyl sites for hydroxylation is 1. The van der Waals surface area contributed by atoms with Gasteiger partial charge in [0.05, 0.1) is 17.0 Å². The van der Waals surface area contributed by atoms with Gasteiger partial charge in [-0.3, -0.25) is 10.1 Å². The lowest BCUT2D eigenvalue weighted by Gasteiger charge is -2.01. The van der Waals surface area contributed by atoms with Crippen molar-refractivity contribution < 1.29 is 9.32 Å². The molecule has 0 aliphatic rings. The molecule has 21 heavy (non-hydrogen) atoms. The van der Waals surface area contributed by atoms with Crippen molar-refractivity contribution in [1.29, 1.82) is 0 Å². The van der Waals surface area contributed by atoms with Gasteiger partial charge in [0.25, 0.3) is 0 Å². The minimum Gasteiger partial charge on any atom is -0.355 e. The lowest BCUT2D eigenvalue weighted by molar-refractivity contribution is -0.115. The fourth-order valence-corrected chi connectivity index (χ4v) is 2.45. The summed E-state index contributed by atoms with van der Waals surface area (Å²) in [5.74, 6) is 0.730. The van der Waals surface area contributed by atoms with Crippen LogP contribution in [0.1, 0.15) is 11.4 Å². The van der Waals surface area contributed by atoms with Gasteiger partial charge in [0, 0.05) is 18.0 Å². The van der Waals surface area contributed by atoms with Gasteiger partial charge < -0.3 is 4.52 Å². The summed E-state index contributed by atoms with van der Waals surface area (Å²) in [6.07, 6.45) is 1.72. The number of carbonyl (C=O) groups excluding carboxylic acids is 1. The van der Waals surface area contributed by atoms with Crippen molar-refractivity contribution in [1.82, 2.24) is 15.1 Å². The van der Waals surface area contributed by atoms with Crippen LogP contribution in [0.3, 0.4) is 0 Å². The second-order valence-electron chi connectivity index (χ2n) is 4.41. The summed E-state index contributed by atoms with van der Waals surface area (Å²) >= 11 is 1.56. The van der Waals surface area contributed by atoms with E-state index in [0.29, 0.717) is 17.4 Å². The lowest BCUT2D eigenvalue weighted by Crippen LogP contribution is -2.16. The van der Waals surface area contributed by atoms with Crippen LogP contribution in [0.15, 0.2) is 40.4 Å². The van der Waals surface area contributed by atoms with Crippen molar-refractivity contribution in [2.75, 3.05) is 5.32 Å². The van der Waals surface area contributed by atoms with Crippen LogP contribution in [0.5, 0.6) is 0 Å². The van der Waals surface area contributed by atoms with Crippen LogP contribution < -0.4 is 5.32 Å². The van der Waals surface area contributed by atoms with Crippen LogP contribution >= 0.6 is 11.3 Å². The Morgan fingerprint density at radius 3 is 3.10 bits per heavy atom. The minimum absolute atomic E-state index is 0.117. The van der Waals surface area contributed by atoms with Crippen molar-refractivity contribution in [2.24, 2.45) is 0 Å². The second kappa shape index (κ2) is 5.84. The van der Waals surface area contributed by atoms with Gasteiger partial charge in [-0.1, -0.05) is 11.2 Å². The number of anilines is 1. The maximum absolute atomic E-state index is 11.9. The van der Waals surface area contributed by atoms with E-state index >= 15 is 0 Å². The molecule has 0 unspecified atom stereocenters. The molecule has 3 aromatic heterocycles. The van der Waals surface area contributed by atoms with Gasteiger partial charge in [0.15, 0.2) is 5.76 Å². The normalized spacial score (nSPS) is 10.5. The molecule has 7 heteroatoms. The highest BCUT2D eigenvalue weighted by Crippen LogP contribution is 2.25. The molecule has 0 bridgehead atoms. The quantitative estimate of drug-likeness (QED) is 0.801. The van der Waals surface area contributed by atoms with Crippen LogP contribution in [-0.4, -0.2) is 21.0 Å². The first-order valence-corrected chi connectivity index (χ1v) is 7.17. The lowest BCUT2D eigenvalue weighted by atomic mass is 10.2. The molecule has 0 aliphatic heterocycles. The number of aromatic nitrogens is 3. The first-order valence-electron chi connectivity index (χ1n) is 6.30. The molecule has 3 heterocycles. The highest BCUT2D eigenvalue weighted by Gasteiger charge is 2.12. The standard InChI is InChI=1S/C14H12N4O2S/c1-9-4-5-15-14(16-9)17-13(19)8-10-7-11(20-18-10)12-3-2-6-21-12/h2-7H,8H2,1H3,(H,15,16,17,19). The Balaban J connectivity index is 1.65. The summed E-state index contributed by atoms with van der Waals surface area (Å²) in [4.78, 5) is 21.0. The summed E-state index contributed by atoms with van der Waals surface area (Å²) in [6.45, 7) is 1.84. The Hall–Kier alpha value is -2.54. The number of hydrogen-bond donors (Lipinski definition) is 1. The van der Waals surface area contributed by atoms with Gasteiger partial charge in [-0.2, -0.15) is 0 Å². The fourth-order valence-electron chi connectivity index (χ4n) is 1.77. The predicted octanol–water partition coefficient (Wildman–Crippen LogP) is 2.68. The molecule has 6 nitrogen and oxygen atoms in total. The maximum Gasteiger partial charge on any atom is 0.232 e. The third kappa shape index (κ3) is 3.32. The molecule has 0 saturated heterocycles. The van der Waals surface area contributed by atoms with E-state index in [1.807, 2.05) is 24.4 Å². The van der Waals surface area contributed by atoms with E-state index in [2.05, 4.69) is 20.4 Å². The summed E-state index contributed by atoms with van der Waals surface area (Å²) in [5.41, 5.74) is 1.37. The fraction of sp³-hybridized carbons (Fsp3) is 0.143. The van der Waals surface area contributed by atoms with E-state index in [9.17, 15) is 4.79 Å². The number of amides is 1. The Morgan fingerprint density at radius 1 is 1.43 bits per heavy atom. The molecular weight excluding hydrogens is 288 g/mol. The van der Waals surface area contributed by atoms with E-state index in [4.69, 9.17) is 4.52 Å². The summed E-state index contributed by atoms with van der Waals surface area (Å²) in [6, 6.07) is 7.41. The Morgan fingerprint density at radius 2 is 2.33 bits per heavy atom. The number of hydrogen-bond acceptors (Lipinski definition) is 6. The average Bonchev–Trinajstić information content (AvgIpc) is 3.08. The second-order valence-corrected chi connectivity index (χ2v) is 5.35. The zero-order chi connectivity index (χ0) is 14.7. The topological polar surface area (TPSA) is 80.9 Å². The number of thiophene rings is 1. The van der Waals surface area contributed by atoms with Crippen LogP contribution in [0.25, 0.3) is 10.6 Å². The van der Waals surface area contributed by atoms with E-state index in [0.717, 1.165) is 10.6 Å². The van der Waals surface area contributed by atoms with E-state index in [1.165, 1.54) is 0 Å². The van der Waals surface area contributed by atoms with E-state index in [-0.39, 0.29) is 12.3 Å². The van der Waals surface area contributed by atoms with Crippen LogP contribution in [0, 0.1) is 6.92 Å². The van der Waals surface area contributed by atoms with Crippen LogP contribution in [-0.2, 0) is 11.2 Å². The van der Waals surface area contributed by atoms with Crippen LogP contribution in [0.2, 0.25) is 0 Å². The van der Waals surface area contributed by atoms with Gasteiger partial charge >= 0.3 is 0 Å². The molecule has 1 N–H and O–H groups in total. The molecule has 0 atom stereocenters.